The van der Waals surface area contributed by atoms with Gasteiger partial charge in [-0.25, -0.2) is 4.98 Å². The van der Waals surface area contributed by atoms with Crippen molar-refractivity contribution in [1.82, 2.24) is 20.6 Å². The lowest BCUT2D eigenvalue weighted by atomic mass is 10.2. The van der Waals surface area contributed by atoms with Crippen LogP contribution in [0.2, 0.25) is 0 Å². The molecule has 2 heterocycles. The number of fused-ring (bicyclic) bond motifs is 1. The molecule has 1 aromatic heterocycles. The van der Waals surface area contributed by atoms with E-state index < -0.39 is 0 Å². The van der Waals surface area contributed by atoms with E-state index in [-0.39, 0.29) is 6.04 Å². The van der Waals surface area contributed by atoms with E-state index >= 15 is 0 Å². The van der Waals surface area contributed by atoms with E-state index in [1.54, 1.807) is 0 Å². The molecule has 0 saturated carbocycles. The molecule has 2 atom stereocenters. The summed E-state index contributed by atoms with van der Waals surface area (Å²) in [7, 11) is 0. The summed E-state index contributed by atoms with van der Waals surface area (Å²) >= 11 is 0. The number of H-pyrrole nitrogens is 1. The molecule has 2 aromatic rings. The van der Waals surface area contributed by atoms with E-state index in [1.807, 2.05) is 18.2 Å². The standard InChI is InChI=1S/C13H18N4/c1-9(15-10-6-7-14-8-10)13-16-11-4-2-3-5-12(11)17-13/h2-5,9-10,14-15H,6-8H2,1H3,(H,16,17). The number of hydrogen-bond acceptors (Lipinski definition) is 3. The molecule has 3 rings (SSSR count). The van der Waals surface area contributed by atoms with Crippen LogP contribution in [-0.2, 0) is 0 Å². The maximum atomic E-state index is 4.62. The Bertz CT molecular complexity index is 466. The summed E-state index contributed by atoms with van der Waals surface area (Å²) in [5.41, 5.74) is 2.15. The zero-order chi connectivity index (χ0) is 11.7. The van der Waals surface area contributed by atoms with E-state index in [9.17, 15) is 0 Å². The molecule has 1 fully saturated rings. The van der Waals surface area contributed by atoms with Crippen LogP contribution >= 0.6 is 0 Å². The number of aromatic amines is 1. The Morgan fingerprint density at radius 3 is 3.06 bits per heavy atom. The first-order valence-corrected chi connectivity index (χ1v) is 6.24. The van der Waals surface area contributed by atoms with Gasteiger partial charge >= 0.3 is 0 Å². The first-order chi connectivity index (χ1) is 8.33. The molecular weight excluding hydrogens is 212 g/mol. The highest BCUT2D eigenvalue weighted by Gasteiger charge is 2.18. The second kappa shape index (κ2) is 4.47. The molecule has 0 radical (unpaired) electrons. The van der Waals surface area contributed by atoms with Crippen LogP contribution in [0, 0.1) is 0 Å². The number of para-hydroxylation sites is 2. The Labute approximate surface area is 101 Å². The molecule has 0 amide bonds. The van der Waals surface area contributed by atoms with Gasteiger partial charge in [-0.05, 0) is 32.0 Å². The number of hydrogen-bond donors (Lipinski definition) is 3. The smallest absolute Gasteiger partial charge is 0.124 e. The Morgan fingerprint density at radius 1 is 1.41 bits per heavy atom. The summed E-state index contributed by atoms with van der Waals surface area (Å²) in [5.74, 6) is 1.03. The van der Waals surface area contributed by atoms with Crippen molar-refractivity contribution in [1.29, 1.82) is 0 Å². The number of nitrogens with zero attached hydrogens (tertiary/aromatic N) is 1. The SMILES string of the molecule is CC(NC1CCNC1)c1nc2ccccc2[nH]1. The van der Waals surface area contributed by atoms with E-state index in [2.05, 4.69) is 33.6 Å². The summed E-state index contributed by atoms with van der Waals surface area (Å²) < 4.78 is 0. The van der Waals surface area contributed by atoms with Gasteiger partial charge in [0, 0.05) is 12.6 Å². The molecule has 1 saturated heterocycles. The van der Waals surface area contributed by atoms with Crippen molar-refractivity contribution >= 4 is 11.0 Å². The molecule has 1 aliphatic rings. The van der Waals surface area contributed by atoms with Crippen LogP contribution < -0.4 is 10.6 Å². The molecule has 0 aliphatic carbocycles. The molecule has 0 spiro atoms. The van der Waals surface area contributed by atoms with Crippen molar-refractivity contribution in [2.45, 2.75) is 25.4 Å². The van der Waals surface area contributed by atoms with Crippen LogP contribution in [0.1, 0.15) is 25.2 Å². The lowest BCUT2D eigenvalue weighted by Crippen LogP contribution is -2.33. The Balaban J connectivity index is 1.77. The third kappa shape index (κ3) is 2.18. The number of imidazole rings is 1. The maximum absolute atomic E-state index is 4.62. The third-order valence-corrected chi connectivity index (χ3v) is 3.36. The minimum Gasteiger partial charge on any atom is -0.341 e. The van der Waals surface area contributed by atoms with Crippen molar-refractivity contribution in [2.75, 3.05) is 13.1 Å². The van der Waals surface area contributed by atoms with Crippen LogP contribution in [0.3, 0.4) is 0 Å². The topological polar surface area (TPSA) is 52.7 Å². The van der Waals surface area contributed by atoms with Crippen LogP contribution in [0.25, 0.3) is 11.0 Å². The predicted octanol–water partition coefficient (Wildman–Crippen LogP) is 1.58. The fraction of sp³-hybridized carbons (Fsp3) is 0.462. The van der Waals surface area contributed by atoms with Crippen LogP contribution in [0.15, 0.2) is 24.3 Å². The van der Waals surface area contributed by atoms with Gasteiger partial charge in [0.25, 0.3) is 0 Å². The van der Waals surface area contributed by atoms with Gasteiger partial charge in [0.1, 0.15) is 5.82 Å². The van der Waals surface area contributed by atoms with Crippen LogP contribution in [-0.4, -0.2) is 29.1 Å². The minimum absolute atomic E-state index is 0.271. The van der Waals surface area contributed by atoms with Crippen molar-refractivity contribution in [3.8, 4) is 0 Å². The Morgan fingerprint density at radius 2 is 2.29 bits per heavy atom. The highest BCUT2D eigenvalue weighted by Crippen LogP contribution is 2.16. The number of nitrogens with one attached hydrogen (secondary N) is 3. The number of benzene rings is 1. The normalized spacial score (nSPS) is 22.1. The van der Waals surface area contributed by atoms with Crippen molar-refractivity contribution < 1.29 is 0 Å². The predicted molar refractivity (Wildman–Crippen MR) is 68.9 cm³/mol. The third-order valence-electron chi connectivity index (χ3n) is 3.36. The zero-order valence-corrected chi connectivity index (χ0v) is 10.0. The lowest BCUT2D eigenvalue weighted by Gasteiger charge is -2.16. The van der Waals surface area contributed by atoms with Gasteiger partial charge in [-0.15, -0.1) is 0 Å². The monoisotopic (exact) mass is 230 g/mol. The van der Waals surface area contributed by atoms with E-state index in [1.165, 1.54) is 6.42 Å². The van der Waals surface area contributed by atoms with Crippen molar-refractivity contribution in [2.24, 2.45) is 0 Å². The van der Waals surface area contributed by atoms with Crippen LogP contribution in [0.4, 0.5) is 0 Å². The summed E-state index contributed by atoms with van der Waals surface area (Å²) in [4.78, 5) is 7.99. The molecule has 4 heteroatoms. The van der Waals surface area contributed by atoms with E-state index in [4.69, 9.17) is 0 Å². The van der Waals surface area contributed by atoms with E-state index in [0.717, 1.165) is 29.9 Å². The van der Waals surface area contributed by atoms with Crippen LogP contribution in [0.5, 0.6) is 0 Å². The first kappa shape index (κ1) is 10.7. The lowest BCUT2D eigenvalue weighted by molar-refractivity contribution is 0.466. The first-order valence-electron chi connectivity index (χ1n) is 6.24. The van der Waals surface area contributed by atoms with Gasteiger partial charge in [0.2, 0.25) is 0 Å². The number of aromatic nitrogens is 2. The second-order valence-electron chi connectivity index (χ2n) is 4.72. The van der Waals surface area contributed by atoms with Gasteiger partial charge in [0.05, 0.1) is 17.1 Å². The molecule has 0 bridgehead atoms. The Kier molecular flexibility index (Phi) is 2.82. The zero-order valence-electron chi connectivity index (χ0n) is 10.0. The largest absolute Gasteiger partial charge is 0.341 e. The average Bonchev–Trinajstić information content (AvgIpc) is 2.96. The minimum atomic E-state index is 0.271. The highest BCUT2D eigenvalue weighted by molar-refractivity contribution is 5.74. The van der Waals surface area contributed by atoms with Crippen molar-refractivity contribution in [3.63, 3.8) is 0 Å². The molecule has 17 heavy (non-hydrogen) atoms. The van der Waals surface area contributed by atoms with Gasteiger partial charge in [-0.1, -0.05) is 12.1 Å². The highest BCUT2D eigenvalue weighted by atomic mass is 15.1. The molecule has 90 valence electrons. The van der Waals surface area contributed by atoms with Gasteiger partial charge in [-0.2, -0.15) is 0 Å². The number of rotatable bonds is 3. The fourth-order valence-electron chi connectivity index (χ4n) is 2.41. The fourth-order valence-corrected chi connectivity index (χ4v) is 2.41. The van der Waals surface area contributed by atoms with Gasteiger partial charge in [-0.3, -0.25) is 0 Å². The van der Waals surface area contributed by atoms with Gasteiger partial charge < -0.3 is 15.6 Å². The molecular formula is C13H18N4. The van der Waals surface area contributed by atoms with Crippen molar-refractivity contribution in [3.05, 3.63) is 30.1 Å². The summed E-state index contributed by atoms with van der Waals surface area (Å²) in [6.07, 6.45) is 1.20. The molecule has 1 aliphatic heterocycles. The van der Waals surface area contributed by atoms with E-state index in [0.29, 0.717) is 6.04 Å². The summed E-state index contributed by atoms with van der Waals surface area (Å²) in [6, 6.07) is 9.00. The molecule has 2 unspecified atom stereocenters. The Hall–Kier alpha value is -1.39. The average molecular weight is 230 g/mol. The second-order valence-corrected chi connectivity index (χ2v) is 4.72. The van der Waals surface area contributed by atoms with Gasteiger partial charge in [0.15, 0.2) is 0 Å². The maximum Gasteiger partial charge on any atom is 0.124 e. The summed E-state index contributed by atoms with van der Waals surface area (Å²) in [6.45, 7) is 4.34. The summed E-state index contributed by atoms with van der Waals surface area (Å²) in [5, 5.41) is 6.96. The quantitative estimate of drug-likeness (QED) is 0.750. The molecule has 3 N–H and O–H groups in total. The molecule has 4 nitrogen and oxygen atoms in total. The molecule has 1 aromatic carbocycles.